The number of rotatable bonds is 4. The second kappa shape index (κ2) is 6.00. The van der Waals surface area contributed by atoms with Crippen molar-refractivity contribution in [1.29, 1.82) is 0 Å². The number of nitrogens with zero attached hydrogens (tertiary/aromatic N) is 3. The highest BCUT2D eigenvalue weighted by molar-refractivity contribution is 5.52. The predicted octanol–water partition coefficient (Wildman–Crippen LogP) is 1.05. The quantitative estimate of drug-likeness (QED) is 0.835. The van der Waals surface area contributed by atoms with Gasteiger partial charge in [0.05, 0.1) is 5.69 Å². The molecule has 2 rings (SSSR count). The maximum atomic E-state index is 4.72. The summed E-state index contributed by atoms with van der Waals surface area (Å²) in [4.78, 5) is 11.5. The van der Waals surface area contributed by atoms with Crippen LogP contribution >= 0.6 is 0 Å². The van der Waals surface area contributed by atoms with Gasteiger partial charge in [-0.15, -0.1) is 0 Å². The summed E-state index contributed by atoms with van der Waals surface area (Å²) in [6, 6.07) is 0. The van der Waals surface area contributed by atoms with Gasteiger partial charge in [-0.05, 0) is 26.8 Å². The van der Waals surface area contributed by atoms with Crippen LogP contribution in [-0.2, 0) is 12.8 Å². The first kappa shape index (κ1) is 13.1. The SMILES string of the molecule is CCNc1nc(N(C)CC)nc2c1CCNCC2. The highest BCUT2D eigenvalue weighted by Gasteiger charge is 2.17. The Labute approximate surface area is 109 Å². The van der Waals surface area contributed by atoms with Crippen molar-refractivity contribution in [2.45, 2.75) is 26.7 Å². The van der Waals surface area contributed by atoms with Crippen LogP contribution in [0.4, 0.5) is 11.8 Å². The molecule has 0 amide bonds. The van der Waals surface area contributed by atoms with Crippen LogP contribution in [0.5, 0.6) is 0 Å². The number of anilines is 2. The molecule has 5 nitrogen and oxygen atoms in total. The Morgan fingerprint density at radius 1 is 1.22 bits per heavy atom. The standard InChI is InChI=1S/C13H23N5/c1-4-15-12-10-6-8-14-9-7-11(10)16-13(17-12)18(3)5-2/h14H,4-9H2,1-3H3,(H,15,16,17). The van der Waals surface area contributed by atoms with Crippen LogP contribution in [0.1, 0.15) is 25.1 Å². The Hall–Kier alpha value is -1.36. The first-order chi connectivity index (χ1) is 8.76. The van der Waals surface area contributed by atoms with Gasteiger partial charge >= 0.3 is 0 Å². The number of aromatic nitrogens is 2. The third-order valence-electron chi connectivity index (χ3n) is 3.33. The summed E-state index contributed by atoms with van der Waals surface area (Å²) >= 11 is 0. The molecule has 1 aliphatic rings. The predicted molar refractivity (Wildman–Crippen MR) is 75.4 cm³/mol. The fourth-order valence-electron chi connectivity index (χ4n) is 2.16. The second-order valence-electron chi connectivity index (χ2n) is 4.59. The van der Waals surface area contributed by atoms with Crippen molar-refractivity contribution in [1.82, 2.24) is 15.3 Å². The van der Waals surface area contributed by atoms with E-state index in [1.54, 1.807) is 0 Å². The van der Waals surface area contributed by atoms with E-state index in [2.05, 4.69) is 34.4 Å². The fraction of sp³-hybridized carbons (Fsp3) is 0.692. The monoisotopic (exact) mass is 249 g/mol. The highest BCUT2D eigenvalue weighted by Crippen LogP contribution is 2.22. The summed E-state index contributed by atoms with van der Waals surface area (Å²) in [6.45, 7) is 8.05. The highest BCUT2D eigenvalue weighted by atomic mass is 15.2. The molecule has 0 saturated carbocycles. The van der Waals surface area contributed by atoms with Crippen molar-refractivity contribution in [3.05, 3.63) is 11.3 Å². The van der Waals surface area contributed by atoms with E-state index >= 15 is 0 Å². The molecule has 1 aromatic rings. The zero-order valence-corrected chi connectivity index (χ0v) is 11.6. The Morgan fingerprint density at radius 2 is 2.00 bits per heavy atom. The Balaban J connectivity index is 2.41. The summed E-state index contributed by atoms with van der Waals surface area (Å²) in [5.74, 6) is 1.84. The third kappa shape index (κ3) is 2.72. The minimum atomic E-state index is 0.828. The van der Waals surface area contributed by atoms with Crippen LogP contribution in [0.2, 0.25) is 0 Å². The van der Waals surface area contributed by atoms with Gasteiger partial charge in [-0.25, -0.2) is 4.98 Å². The van der Waals surface area contributed by atoms with Crippen LogP contribution in [0, 0.1) is 0 Å². The van der Waals surface area contributed by atoms with Gasteiger partial charge in [0.1, 0.15) is 5.82 Å². The average molecular weight is 249 g/mol. The van der Waals surface area contributed by atoms with Crippen LogP contribution in [0.25, 0.3) is 0 Å². The van der Waals surface area contributed by atoms with E-state index in [1.807, 2.05) is 7.05 Å². The Kier molecular flexibility index (Phi) is 4.36. The van der Waals surface area contributed by atoms with Gasteiger partial charge in [-0.3, -0.25) is 0 Å². The molecule has 0 aliphatic carbocycles. The molecule has 0 fully saturated rings. The van der Waals surface area contributed by atoms with Crippen molar-refractivity contribution in [2.24, 2.45) is 0 Å². The smallest absolute Gasteiger partial charge is 0.227 e. The maximum absolute atomic E-state index is 4.72. The number of nitrogens with one attached hydrogen (secondary N) is 2. The summed E-state index contributed by atoms with van der Waals surface area (Å²) in [7, 11) is 2.03. The molecule has 100 valence electrons. The van der Waals surface area contributed by atoms with Gasteiger partial charge in [0, 0.05) is 38.7 Å². The van der Waals surface area contributed by atoms with Crippen molar-refractivity contribution in [2.75, 3.05) is 43.4 Å². The first-order valence-electron chi connectivity index (χ1n) is 6.81. The minimum Gasteiger partial charge on any atom is -0.370 e. The molecule has 0 atom stereocenters. The van der Waals surface area contributed by atoms with Crippen molar-refractivity contribution < 1.29 is 0 Å². The molecule has 2 heterocycles. The van der Waals surface area contributed by atoms with E-state index in [9.17, 15) is 0 Å². The van der Waals surface area contributed by atoms with Gasteiger partial charge in [0.2, 0.25) is 5.95 Å². The molecule has 0 spiro atoms. The van der Waals surface area contributed by atoms with E-state index < -0.39 is 0 Å². The van der Waals surface area contributed by atoms with Gasteiger partial charge in [-0.1, -0.05) is 0 Å². The topological polar surface area (TPSA) is 53.1 Å². The molecule has 5 heteroatoms. The Bertz CT molecular complexity index is 405. The lowest BCUT2D eigenvalue weighted by molar-refractivity contribution is 0.708. The molecule has 0 saturated heterocycles. The normalized spacial score (nSPS) is 14.8. The lowest BCUT2D eigenvalue weighted by Gasteiger charge is -2.19. The molecule has 0 aromatic carbocycles. The van der Waals surface area contributed by atoms with Crippen LogP contribution in [-0.4, -0.2) is 43.2 Å². The Morgan fingerprint density at radius 3 is 2.72 bits per heavy atom. The van der Waals surface area contributed by atoms with E-state index in [4.69, 9.17) is 4.98 Å². The lowest BCUT2D eigenvalue weighted by atomic mass is 10.1. The van der Waals surface area contributed by atoms with E-state index in [-0.39, 0.29) is 0 Å². The zero-order valence-electron chi connectivity index (χ0n) is 11.6. The molecular weight excluding hydrogens is 226 g/mol. The van der Waals surface area contributed by atoms with E-state index in [0.717, 1.165) is 50.8 Å². The molecular formula is C13H23N5. The second-order valence-corrected chi connectivity index (χ2v) is 4.59. The summed E-state index contributed by atoms with van der Waals surface area (Å²) < 4.78 is 0. The van der Waals surface area contributed by atoms with Crippen LogP contribution in [0.15, 0.2) is 0 Å². The number of hydrogen-bond acceptors (Lipinski definition) is 5. The molecule has 0 bridgehead atoms. The van der Waals surface area contributed by atoms with E-state index in [1.165, 1.54) is 11.3 Å². The van der Waals surface area contributed by atoms with Crippen LogP contribution < -0.4 is 15.5 Å². The van der Waals surface area contributed by atoms with Gasteiger partial charge in [0.15, 0.2) is 0 Å². The summed E-state index contributed by atoms with van der Waals surface area (Å²) in [5, 5.41) is 6.79. The van der Waals surface area contributed by atoms with Gasteiger partial charge in [0.25, 0.3) is 0 Å². The van der Waals surface area contributed by atoms with Gasteiger partial charge in [-0.2, -0.15) is 4.98 Å². The summed E-state index contributed by atoms with van der Waals surface area (Å²) in [5.41, 5.74) is 2.48. The first-order valence-corrected chi connectivity index (χ1v) is 6.81. The molecule has 1 aromatic heterocycles. The molecule has 2 N–H and O–H groups in total. The molecule has 0 unspecified atom stereocenters. The molecule has 0 radical (unpaired) electrons. The van der Waals surface area contributed by atoms with E-state index in [0.29, 0.717) is 0 Å². The third-order valence-corrected chi connectivity index (χ3v) is 3.33. The summed E-state index contributed by atoms with van der Waals surface area (Å²) in [6.07, 6.45) is 1.99. The number of hydrogen-bond donors (Lipinski definition) is 2. The lowest BCUT2D eigenvalue weighted by Crippen LogP contribution is -2.21. The minimum absolute atomic E-state index is 0.828. The van der Waals surface area contributed by atoms with Crippen molar-refractivity contribution >= 4 is 11.8 Å². The largest absolute Gasteiger partial charge is 0.370 e. The average Bonchev–Trinajstić information content (AvgIpc) is 2.63. The maximum Gasteiger partial charge on any atom is 0.227 e. The van der Waals surface area contributed by atoms with Crippen molar-refractivity contribution in [3.63, 3.8) is 0 Å². The molecule has 1 aliphatic heterocycles. The zero-order chi connectivity index (χ0) is 13.0. The van der Waals surface area contributed by atoms with Crippen molar-refractivity contribution in [3.8, 4) is 0 Å². The number of fused-ring (bicyclic) bond motifs is 1. The van der Waals surface area contributed by atoms with Crippen LogP contribution in [0.3, 0.4) is 0 Å². The fourth-order valence-corrected chi connectivity index (χ4v) is 2.16. The molecule has 18 heavy (non-hydrogen) atoms. The van der Waals surface area contributed by atoms with Gasteiger partial charge < -0.3 is 15.5 Å².